The van der Waals surface area contributed by atoms with Crippen LogP contribution in [0.25, 0.3) is 5.52 Å². The van der Waals surface area contributed by atoms with Crippen molar-refractivity contribution >= 4 is 11.6 Å². The van der Waals surface area contributed by atoms with Crippen LogP contribution in [0.1, 0.15) is 63.5 Å². The van der Waals surface area contributed by atoms with Crippen molar-refractivity contribution in [3.63, 3.8) is 0 Å². The molecule has 170 valence electrons. The van der Waals surface area contributed by atoms with Crippen molar-refractivity contribution in [3.05, 3.63) is 28.2 Å². The molecular formula is C21H31N5O5. The summed E-state index contributed by atoms with van der Waals surface area (Å²) in [7, 11) is 1.60. The minimum Gasteiger partial charge on any atom is -0.444 e. The van der Waals surface area contributed by atoms with Crippen LogP contribution in [-0.4, -0.2) is 75.7 Å². The highest BCUT2D eigenvalue weighted by Crippen LogP contribution is 2.30. The van der Waals surface area contributed by atoms with Crippen LogP contribution in [0.2, 0.25) is 0 Å². The number of fused-ring (bicyclic) bond motifs is 1. The van der Waals surface area contributed by atoms with E-state index in [1.807, 2.05) is 20.8 Å². The van der Waals surface area contributed by atoms with Crippen LogP contribution in [0.3, 0.4) is 0 Å². The van der Waals surface area contributed by atoms with E-state index in [1.165, 1.54) is 0 Å². The lowest BCUT2D eigenvalue weighted by molar-refractivity contribution is 0.0252. The first-order valence-electron chi connectivity index (χ1n) is 10.8. The molecule has 3 atom stereocenters. The van der Waals surface area contributed by atoms with Crippen LogP contribution in [0.4, 0.5) is 4.79 Å². The number of aromatic amines is 1. The molecule has 31 heavy (non-hydrogen) atoms. The summed E-state index contributed by atoms with van der Waals surface area (Å²) < 4.78 is 18.4. The summed E-state index contributed by atoms with van der Waals surface area (Å²) in [5.74, 6) is 1.18. The van der Waals surface area contributed by atoms with Gasteiger partial charge in [0.2, 0.25) is 0 Å². The summed E-state index contributed by atoms with van der Waals surface area (Å²) >= 11 is 0. The minimum atomic E-state index is -0.586. The van der Waals surface area contributed by atoms with Crippen LogP contribution >= 0.6 is 0 Å². The predicted octanol–water partition coefficient (Wildman–Crippen LogP) is 2.05. The molecular weight excluding hydrogens is 402 g/mol. The van der Waals surface area contributed by atoms with Crippen molar-refractivity contribution in [1.82, 2.24) is 24.5 Å². The lowest BCUT2D eigenvalue weighted by Crippen LogP contribution is -2.36. The predicted molar refractivity (Wildman–Crippen MR) is 112 cm³/mol. The number of carbonyl (C=O) groups excluding carboxylic acids is 1. The number of hydrogen-bond acceptors (Lipinski definition) is 7. The Morgan fingerprint density at radius 3 is 2.81 bits per heavy atom. The van der Waals surface area contributed by atoms with E-state index in [9.17, 15) is 9.59 Å². The number of likely N-dealkylation sites (tertiary alicyclic amines) is 1. The number of carbonyl (C=O) groups is 1. The van der Waals surface area contributed by atoms with E-state index in [0.29, 0.717) is 31.0 Å². The minimum absolute atomic E-state index is 0.187. The van der Waals surface area contributed by atoms with Crippen LogP contribution in [0, 0.1) is 0 Å². The van der Waals surface area contributed by atoms with E-state index in [1.54, 1.807) is 22.7 Å². The molecule has 1 amide bonds. The van der Waals surface area contributed by atoms with E-state index in [-0.39, 0.29) is 23.5 Å². The lowest BCUT2D eigenvalue weighted by Gasteiger charge is -2.24. The van der Waals surface area contributed by atoms with Gasteiger partial charge in [-0.3, -0.25) is 4.79 Å². The van der Waals surface area contributed by atoms with Crippen molar-refractivity contribution in [2.45, 2.75) is 63.6 Å². The Labute approximate surface area is 180 Å². The largest absolute Gasteiger partial charge is 0.444 e. The lowest BCUT2D eigenvalue weighted by atomic mass is 10.0. The molecule has 0 aliphatic carbocycles. The van der Waals surface area contributed by atoms with Gasteiger partial charge in [-0.2, -0.15) is 5.10 Å². The second-order valence-corrected chi connectivity index (χ2v) is 9.26. The fraction of sp³-hybridized carbons (Fsp3) is 0.714. The number of imidazole rings is 1. The first-order chi connectivity index (χ1) is 14.8. The molecule has 2 fully saturated rings. The standard InChI is InChI=1S/C21H31N5O5/c1-21(2,3)31-20(28)25-11-14(16(12-25)29-4)17-23-19(27)15-10-22-18(26(15)24-17)13-6-5-8-30-9-7-13/h10,13-14,16H,5-9,11-12H2,1-4H3,(H,23,24,27). The van der Waals surface area contributed by atoms with Gasteiger partial charge in [0, 0.05) is 32.8 Å². The van der Waals surface area contributed by atoms with Crippen LogP contribution in [0.5, 0.6) is 0 Å². The van der Waals surface area contributed by atoms with Crippen molar-refractivity contribution in [3.8, 4) is 0 Å². The Hall–Kier alpha value is -2.46. The molecule has 0 radical (unpaired) electrons. The third-order valence-electron chi connectivity index (χ3n) is 5.84. The summed E-state index contributed by atoms with van der Waals surface area (Å²) in [6.07, 6.45) is 3.62. The van der Waals surface area contributed by atoms with Gasteiger partial charge >= 0.3 is 6.09 Å². The van der Waals surface area contributed by atoms with Gasteiger partial charge in [-0.15, -0.1) is 0 Å². The second-order valence-electron chi connectivity index (χ2n) is 9.26. The maximum atomic E-state index is 12.8. The van der Waals surface area contributed by atoms with Gasteiger partial charge < -0.3 is 24.1 Å². The molecule has 1 N–H and O–H groups in total. The molecule has 10 heteroatoms. The molecule has 2 saturated heterocycles. The Bertz CT molecular complexity index is 986. The Morgan fingerprint density at radius 2 is 2.06 bits per heavy atom. The Morgan fingerprint density at radius 1 is 1.26 bits per heavy atom. The summed E-state index contributed by atoms with van der Waals surface area (Å²) in [5.41, 5.74) is -0.420. The summed E-state index contributed by atoms with van der Waals surface area (Å²) in [6, 6.07) is 0. The molecule has 0 spiro atoms. The highest BCUT2D eigenvalue weighted by atomic mass is 16.6. The smallest absolute Gasteiger partial charge is 0.410 e. The fourth-order valence-corrected chi connectivity index (χ4v) is 4.29. The molecule has 0 aromatic carbocycles. The monoisotopic (exact) mass is 433 g/mol. The van der Waals surface area contributed by atoms with Crippen molar-refractivity contribution < 1.29 is 19.0 Å². The van der Waals surface area contributed by atoms with E-state index < -0.39 is 11.7 Å². The topological polar surface area (TPSA) is 111 Å². The number of amides is 1. The number of nitrogens with zero attached hydrogens (tertiary/aromatic N) is 4. The summed E-state index contributed by atoms with van der Waals surface area (Å²) in [6.45, 7) is 7.64. The maximum Gasteiger partial charge on any atom is 0.410 e. The summed E-state index contributed by atoms with van der Waals surface area (Å²) in [4.78, 5) is 34.4. The van der Waals surface area contributed by atoms with Gasteiger partial charge in [0.05, 0.1) is 24.8 Å². The van der Waals surface area contributed by atoms with Crippen LogP contribution in [-0.2, 0) is 14.2 Å². The highest BCUT2D eigenvalue weighted by molar-refractivity contribution is 5.68. The average molecular weight is 434 g/mol. The quantitative estimate of drug-likeness (QED) is 0.789. The number of rotatable bonds is 3. The zero-order valence-electron chi connectivity index (χ0n) is 18.6. The first-order valence-corrected chi connectivity index (χ1v) is 10.8. The number of hydrogen-bond donors (Lipinski definition) is 1. The number of H-pyrrole nitrogens is 1. The summed E-state index contributed by atoms with van der Waals surface area (Å²) in [5, 5.41) is 4.75. The molecule has 4 rings (SSSR count). The number of aromatic nitrogens is 4. The fourth-order valence-electron chi connectivity index (χ4n) is 4.29. The molecule has 3 unspecified atom stereocenters. The van der Waals surface area contributed by atoms with Gasteiger partial charge in [0.15, 0.2) is 5.52 Å². The zero-order chi connectivity index (χ0) is 22.2. The van der Waals surface area contributed by atoms with Gasteiger partial charge in [-0.25, -0.2) is 14.3 Å². The molecule has 2 aromatic rings. The Balaban J connectivity index is 1.64. The van der Waals surface area contributed by atoms with Gasteiger partial charge in [-0.1, -0.05) is 0 Å². The van der Waals surface area contributed by atoms with Gasteiger partial charge in [0.1, 0.15) is 17.2 Å². The van der Waals surface area contributed by atoms with Crippen LogP contribution in [0.15, 0.2) is 11.0 Å². The number of nitrogens with one attached hydrogen (secondary N) is 1. The van der Waals surface area contributed by atoms with Gasteiger partial charge in [-0.05, 0) is 40.0 Å². The van der Waals surface area contributed by atoms with E-state index in [0.717, 1.165) is 31.7 Å². The third-order valence-corrected chi connectivity index (χ3v) is 5.84. The number of ether oxygens (including phenoxy) is 3. The van der Waals surface area contributed by atoms with Crippen molar-refractivity contribution in [1.29, 1.82) is 0 Å². The molecule has 0 saturated carbocycles. The van der Waals surface area contributed by atoms with E-state index in [2.05, 4.69) is 9.97 Å². The van der Waals surface area contributed by atoms with Crippen molar-refractivity contribution in [2.75, 3.05) is 33.4 Å². The Kier molecular flexibility index (Phi) is 6.02. The normalized spacial score (nSPS) is 25.0. The molecule has 2 aliphatic rings. The average Bonchev–Trinajstić information content (AvgIpc) is 3.23. The molecule has 0 bridgehead atoms. The first kappa shape index (κ1) is 21.8. The SMILES string of the molecule is COC1CN(C(=O)OC(C)(C)C)CC1c1nn2c(C3CCCOCC3)ncc2c(=O)[nH]1. The molecule has 2 aliphatic heterocycles. The van der Waals surface area contributed by atoms with Gasteiger partial charge in [0.25, 0.3) is 5.56 Å². The molecule has 2 aromatic heterocycles. The van der Waals surface area contributed by atoms with E-state index >= 15 is 0 Å². The second kappa shape index (κ2) is 8.58. The number of methoxy groups -OCH3 is 1. The van der Waals surface area contributed by atoms with E-state index in [4.69, 9.17) is 19.3 Å². The highest BCUT2D eigenvalue weighted by Gasteiger charge is 2.40. The maximum absolute atomic E-state index is 12.8. The van der Waals surface area contributed by atoms with Crippen LogP contribution < -0.4 is 5.56 Å². The van der Waals surface area contributed by atoms with Crippen molar-refractivity contribution in [2.24, 2.45) is 0 Å². The molecule has 4 heterocycles. The molecule has 10 nitrogen and oxygen atoms in total. The third kappa shape index (κ3) is 4.59. The zero-order valence-corrected chi connectivity index (χ0v) is 18.6.